The molecule has 54 valence electrons. The van der Waals surface area contributed by atoms with E-state index in [0.29, 0.717) is 0 Å². The zero-order valence-electron chi connectivity index (χ0n) is 4.67. The van der Waals surface area contributed by atoms with Gasteiger partial charge in [0.25, 0.3) is 0 Å². The van der Waals surface area contributed by atoms with Crippen LogP contribution in [0.1, 0.15) is 9.67 Å². The molecule has 1 aromatic rings. The van der Waals surface area contributed by atoms with Crippen LogP contribution in [0, 0.1) is 0 Å². The Morgan fingerprint density at radius 3 is 2.60 bits per heavy atom. The zero-order valence-corrected chi connectivity index (χ0v) is 6.24. The van der Waals surface area contributed by atoms with Crippen LogP contribution in [0.4, 0.5) is 5.82 Å². The molecule has 0 aromatic carbocycles. The van der Waals surface area contributed by atoms with Crippen LogP contribution in [-0.2, 0) is 0 Å². The normalized spacial score (nSPS) is 9.70. The van der Waals surface area contributed by atoms with Gasteiger partial charge >= 0.3 is 5.97 Å². The molecule has 0 atom stereocenters. The Bertz CT molecular complexity index is 272. The van der Waals surface area contributed by atoms with E-state index in [2.05, 4.69) is 4.37 Å². The Balaban J connectivity index is 3.17. The molecule has 0 bridgehead atoms. The second-order valence-electron chi connectivity index (χ2n) is 1.52. The first-order valence-electron chi connectivity index (χ1n) is 2.27. The summed E-state index contributed by atoms with van der Waals surface area (Å²) in [6, 6.07) is 0. The van der Waals surface area contributed by atoms with Crippen LogP contribution in [0.25, 0.3) is 0 Å². The number of nitrogens with two attached hydrogens (primary N) is 1. The predicted octanol–water partition coefficient (Wildman–Crippen LogP) is 1.08. The first-order valence-corrected chi connectivity index (χ1v) is 3.42. The van der Waals surface area contributed by atoms with Gasteiger partial charge in [-0.1, -0.05) is 11.6 Å². The van der Waals surface area contributed by atoms with Crippen molar-refractivity contribution in [3.8, 4) is 0 Å². The Kier molecular flexibility index (Phi) is 1.78. The number of carboxylic acid groups (broad SMARTS) is 1. The number of rotatable bonds is 1. The highest BCUT2D eigenvalue weighted by Gasteiger charge is 2.14. The highest BCUT2D eigenvalue weighted by atomic mass is 35.5. The number of carbonyl (C=O) groups is 1. The van der Waals surface area contributed by atoms with E-state index < -0.39 is 5.97 Å². The molecule has 0 spiro atoms. The van der Waals surface area contributed by atoms with Crippen molar-refractivity contribution < 1.29 is 9.90 Å². The topological polar surface area (TPSA) is 76.2 Å². The van der Waals surface area contributed by atoms with Gasteiger partial charge in [-0.25, -0.2) is 4.79 Å². The number of aromatic nitrogens is 1. The largest absolute Gasteiger partial charge is 0.477 e. The Labute approximate surface area is 65.4 Å². The first kappa shape index (κ1) is 7.30. The number of carboxylic acids is 1. The minimum atomic E-state index is -1.10. The van der Waals surface area contributed by atoms with Crippen LogP contribution < -0.4 is 5.73 Å². The molecule has 0 amide bonds. The van der Waals surface area contributed by atoms with E-state index in [9.17, 15) is 4.79 Å². The van der Waals surface area contributed by atoms with Gasteiger partial charge in [-0.2, -0.15) is 4.37 Å². The number of halogens is 1. The van der Waals surface area contributed by atoms with Gasteiger partial charge in [-0.15, -0.1) is 0 Å². The fourth-order valence-corrected chi connectivity index (χ4v) is 1.24. The maximum atomic E-state index is 10.3. The van der Waals surface area contributed by atoms with Crippen molar-refractivity contribution in [2.75, 3.05) is 5.73 Å². The lowest BCUT2D eigenvalue weighted by Crippen LogP contribution is -1.92. The van der Waals surface area contributed by atoms with Crippen molar-refractivity contribution in [1.82, 2.24) is 4.37 Å². The molecule has 10 heavy (non-hydrogen) atoms. The van der Waals surface area contributed by atoms with E-state index in [1.807, 2.05) is 0 Å². The quantitative estimate of drug-likeness (QED) is 0.675. The Morgan fingerprint density at radius 1 is 1.80 bits per heavy atom. The van der Waals surface area contributed by atoms with E-state index in [4.69, 9.17) is 22.4 Å². The fraction of sp³-hybridized carbons (Fsp3) is 0. The van der Waals surface area contributed by atoms with E-state index in [1.54, 1.807) is 0 Å². The summed E-state index contributed by atoms with van der Waals surface area (Å²) in [7, 11) is 0. The van der Waals surface area contributed by atoms with Gasteiger partial charge in [-0.05, 0) is 11.5 Å². The third kappa shape index (κ3) is 1.05. The fourth-order valence-electron chi connectivity index (χ4n) is 0.424. The molecule has 0 unspecified atom stereocenters. The van der Waals surface area contributed by atoms with Crippen molar-refractivity contribution in [3.05, 3.63) is 9.90 Å². The van der Waals surface area contributed by atoms with Gasteiger partial charge in [0.1, 0.15) is 5.02 Å². The molecule has 0 saturated carbocycles. The summed E-state index contributed by atoms with van der Waals surface area (Å²) in [4.78, 5) is 10.3. The average molecular weight is 179 g/mol. The van der Waals surface area contributed by atoms with Crippen molar-refractivity contribution >= 4 is 34.9 Å². The molecule has 1 aromatic heterocycles. The molecule has 0 aliphatic carbocycles. The lowest BCUT2D eigenvalue weighted by molar-refractivity contribution is 0.0702. The van der Waals surface area contributed by atoms with Gasteiger partial charge in [0.15, 0.2) is 10.7 Å². The molecule has 0 saturated heterocycles. The summed E-state index contributed by atoms with van der Waals surface area (Å²) in [5.41, 5.74) is 5.18. The summed E-state index contributed by atoms with van der Waals surface area (Å²) >= 11 is 6.22. The van der Waals surface area contributed by atoms with Crippen LogP contribution in [0.15, 0.2) is 0 Å². The molecule has 0 aliphatic heterocycles. The Morgan fingerprint density at radius 2 is 2.40 bits per heavy atom. The van der Waals surface area contributed by atoms with Gasteiger partial charge in [0.05, 0.1) is 0 Å². The lowest BCUT2D eigenvalue weighted by atomic mass is 10.5. The van der Waals surface area contributed by atoms with Crippen molar-refractivity contribution in [2.45, 2.75) is 0 Å². The molecule has 0 radical (unpaired) electrons. The summed E-state index contributed by atoms with van der Waals surface area (Å²) in [6.45, 7) is 0. The molecule has 3 N–H and O–H groups in total. The number of hydrogen-bond acceptors (Lipinski definition) is 4. The smallest absolute Gasteiger partial charge is 0.349 e. The number of aromatic carboxylic acids is 1. The van der Waals surface area contributed by atoms with Gasteiger partial charge in [0.2, 0.25) is 0 Å². The molecule has 0 aliphatic rings. The Hall–Kier alpha value is -0.810. The molecule has 4 nitrogen and oxygen atoms in total. The standard InChI is InChI=1S/C4H3ClN2O2S/c5-1-2(4(8)9)10-7-3(1)6/h(H2,6,7)(H,8,9). The van der Waals surface area contributed by atoms with Crippen LogP contribution in [0.5, 0.6) is 0 Å². The highest BCUT2D eigenvalue weighted by Crippen LogP contribution is 2.25. The maximum absolute atomic E-state index is 10.3. The minimum absolute atomic E-state index is 0.0147. The number of nitrogen functional groups attached to an aromatic ring is 1. The summed E-state index contributed by atoms with van der Waals surface area (Å²) in [5, 5.41) is 8.43. The number of anilines is 1. The third-order valence-corrected chi connectivity index (χ3v) is 2.20. The summed E-state index contributed by atoms with van der Waals surface area (Å²) in [5.74, 6) is -1.02. The van der Waals surface area contributed by atoms with E-state index in [1.165, 1.54) is 0 Å². The van der Waals surface area contributed by atoms with Crippen molar-refractivity contribution in [2.24, 2.45) is 0 Å². The lowest BCUT2D eigenvalue weighted by Gasteiger charge is -1.85. The molecule has 1 heterocycles. The van der Waals surface area contributed by atoms with Crippen LogP contribution in [0.3, 0.4) is 0 Å². The molecule has 1 rings (SSSR count). The zero-order chi connectivity index (χ0) is 7.72. The third-order valence-electron chi connectivity index (χ3n) is 0.854. The van der Waals surface area contributed by atoms with Crippen LogP contribution >= 0.6 is 23.1 Å². The predicted molar refractivity (Wildman–Crippen MR) is 38.5 cm³/mol. The summed E-state index contributed by atoms with van der Waals surface area (Å²) < 4.78 is 3.54. The minimum Gasteiger partial charge on any atom is -0.477 e. The molecule has 0 fully saturated rings. The van der Waals surface area contributed by atoms with Crippen molar-refractivity contribution in [3.63, 3.8) is 0 Å². The van der Waals surface area contributed by atoms with Gasteiger partial charge in [0, 0.05) is 0 Å². The van der Waals surface area contributed by atoms with Gasteiger partial charge in [-0.3, -0.25) is 0 Å². The number of hydrogen-bond donors (Lipinski definition) is 2. The van der Waals surface area contributed by atoms with E-state index in [-0.39, 0.29) is 15.7 Å². The maximum Gasteiger partial charge on any atom is 0.349 e. The highest BCUT2D eigenvalue weighted by molar-refractivity contribution is 7.09. The SMILES string of the molecule is Nc1nsc(C(=O)O)c1Cl. The average Bonchev–Trinajstić information content (AvgIpc) is 2.14. The first-order chi connectivity index (χ1) is 4.63. The second-order valence-corrected chi connectivity index (χ2v) is 2.67. The second kappa shape index (κ2) is 2.43. The van der Waals surface area contributed by atoms with Gasteiger partial charge < -0.3 is 10.8 Å². The summed E-state index contributed by atoms with van der Waals surface area (Å²) in [6.07, 6.45) is 0. The van der Waals surface area contributed by atoms with E-state index in [0.717, 1.165) is 11.5 Å². The van der Waals surface area contributed by atoms with Crippen LogP contribution in [0.2, 0.25) is 5.02 Å². The van der Waals surface area contributed by atoms with Crippen LogP contribution in [-0.4, -0.2) is 15.4 Å². The number of nitrogens with zero attached hydrogens (tertiary/aromatic N) is 1. The van der Waals surface area contributed by atoms with Crippen molar-refractivity contribution in [1.29, 1.82) is 0 Å². The molecular formula is C4H3ClN2O2S. The van der Waals surface area contributed by atoms with E-state index >= 15 is 0 Å². The molecule has 6 heteroatoms. The molecular weight excluding hydrogens is 176 g/mol. The monoisotopic (exact) mass is 178 g/mol.